The van der Waals surface area contributed by atoms with Crippen molar-refractivity contribution in [1.29, 1.82) is 0 Å². The van der Waals surface area contributed by atoms with Crippen LogP contribution < -0.4 is 5.32 Å². The summed E-state index contributed by atoms with van der Waals surface area (Å²) in [4.78, 5) is 15.3. The molecule has 0 saturated heterocycles. The smallest absolute Gasteiger partial charge is 0.312 e. The Labute approximate surface area is 124 Å². The molecule has 1 atom stereocenters. The van der Waals surface area contributed by atoms with Crippen molar-refractivity contribution in [1.82, 2.24) is 14.9 Å². The van der Waals surface area contributed by atoms with Gasteiger partial charge < -0.3 is 15.0 Å². The molecule has 0 aliphatic heterocycles. The number of imidazole rings is 1. The van der Waals surface area contributed by atoms with Gasteiger partial charge in [-0.25, -0.2) is 4.98 Å². The zero-order valence-electron chi connectivity index (χ0n) is 12.0. The van der Waals surface area contributed by atoms with Crippen LogP contribution in [0.5, 0.6) is 0 Å². The van der Waals surface area contributed by atoms with Gasteiger partial charge in [0.25, 0.3) is 0 Å². The van der Waals surface area contributed by atoms with Crippen LogP contribution in [0.1, 0.15) is 24.3 Å². The van der Waals surface area contributed by atoms with E-state index in [1.54, 1.807) is 6.20 Å². The Morgan fingerprint density at radius 1 is 1.29 bits per heavy atom. The number of benzene rings is 1. The average molecular weight is 287 g/mol. The Bertz CT molecular complexity index is 526. The first kappa shape index (κ1) is 15.3. The SMILES string of the molecule is O=C(O)C(CNCCCCn1ccnc1)c1ccccc1. The third-order valence-electron chi connectivity index (χ3n) is 3.43. The Kier molecular flexibility index (Phi) is 5.97. The molecule has 0 saturated carbocycles. The third-order valence-corrected chi connectivity index (χ3v) is 3.43. The normalized spacial score (nSPS) is 12.2. The Balaban J connectivity index is 1.67. The number of carboxylic acid groups (broad SMARTS) is 1. The van der Waals surface area contributed by atoms with Crippen LogP contribution >= 0.6 is 0 Å². The molecule has 0 aliphatic rings. The molecule has 0 bridgehead atoms. The second kappa shape index (κ2) is 8.21. The molecule has 2 aromatic rings. The molecule has 5 nitrogen and oxygen atoms in total. The third kappa shape index (κ3) is 5.04. The van der Waals surface area contributed by atoms with Crippen molar-refractivity contribution in [2.75, 3.05) is 13.1 Å². The van der Waals surface area contributed by atoms with Crippen molar-refractivity contribution in [3.63, 3.8) is 0 Å². The maximum absolute atomic E-state index is 11.3. The van der Waals surface area contributed by atoms with E-state index in [2.05, 4.69) is 10.3 Å². The minimum absolute atomic E-state index is 0.463. The molecule has 1 aromatic heterocycles. The number of aryl methyl sites for hydroxylation is 1. The van der Waals surface area contributed by atoms with Crippen LogP contribution in [-0.2, 0) is 11.3 Å². The molecule has 112 valence electrons. The molecule has 5 heteroatoms. The number of carboxylic acids is 1. The average Bonchev–Trinajstić information content (AvgIpc) is 3.00. The van der Waals surface area contributed by atoms with Gasteiger partial charge in [-0.1, -0.05) is 30.3 Å². The van der Waals surface area contributed by atoms with Crippen molar-refractivity contribution in [3.05, 3.63) is 54.6 Å². The fourth-order valence-electron chi connectivity index (χ4n) is 2.24. The van der Waals surface area contributed by atoms with E-state index in [9.17, 15) is 9.90 Å². The van der Waals surface area contributed by atoms with Gasteiger partial charge >= 0.3 is 5.97 Å². The molecule has 0 fully saturated rings. The first-order valence-electron chi connectivity index (χ1n) is 7.21. The van der Waals surface area contributed by atoms with Gasteiger partial charge in [0.1, 0.15) is 0 Å². The monoisotopic (exact) mass is 287 g/mol. The predicted octanol–water partition coefficient (Wildman–Crippen LogP) is 2.12. The van der Waals surface area contributed by atoms with Crippen LogP contribution in [0.2, 0.25) is 0 Å². The molecular weight excluding hydrogens is 266 g/mol. The summed E-state index contributed by atoms with van der Waals surface area (Å²) >= 11 is 0. The van der Waals surface area contributed by atoms with E-state index in [0.717, 1.165) is 31.5 Å². The molecule has 0 radical (unpaired) electrons. The number of rotatable bonds is 9. The van der Waals surface area contributed by atoms with Crippen LogP contribution in [-0.4, -0.2) is 33.7 Å². The van der Waals surface area contributed by atoms with E-state index in [1.165, 1.54) is 0 Å². The van der Waals surface area contributed by atoms with Gasteiger partial charge in [0.2, 0.25) is 0 Å². The molecule has 2 rings (SSSR count). The first-order valence-corrected chi connectivity index (χ1v) is 7.21. The Morgan fingerprint density at radius 3 is 2.76 bits per heavy atom. The lowest BCUT2D eigenvalue weighted by atomic mass is 9.99. The van der Waals surface area contributed by atoms with E-state index in [-0.39, 0.29) is 0 Å². The number of aromatic nitrogens is 2. The molecule has 0 amide bonds. The highest BCUT2D eigenvalue weighted by atomic mass is 16.4. The number of nitrogens with zero attached hydrogens (tertiary/aromatic N) is 2. The Morgan fingerprint density at radius 2 is 2.10 bits per heavy atom. The summed E-state index contributed by atoms with van der Waals surface area (Å²) in [5.74, 6) is -1.27. The van der Waals surface area contributed by atoms with Crippen molar-refractivity contribution in [2.45, 2.75) is 25.3 Å². The molecule has 1 aromatic carbocycles. The molecule has 0 aliphatic carbocycles. The maximum atomic E-state index is 11.3. The van der Waals surface area contributed by atoms with Crippen LogP contribution in [0.15, 0.2) is 49.1 Å². The topological polar surface area (TPSA) is 67.2 Å². The van der Waals surface area contributed by atoms with Gasteiger partial charge in [-0.15, -0.1) is 0 Å². The van der Waals surface area contributed by atoms with Crippen molar-refractivity contribution >= 4 is 5.97 Å². The van der Waals surface area contributed by atoms with E-state index in [0.29, 0.717) is 6.54 Å². The van der Waals surface area contributed by atoms with E-state index >= 15 is 0 Å². The van der Waals surface area contributed by atoms with E-state index in [1.807, 2.05) is 47.4 Å². The van der Waals surface area contributed by atoms with Crippen molar-refractivity contribution in [2.24, 2.45) is 0 Å². The lowest BCUT2D eigenvalue weighted by molar-refractivity contribution is -0.138. The van der Waals surface area contributed by atoms with Crippen LogP contribution in [0.4, 0.5) is 0 Å². The summed E-state index contributed by atoms with van der Waals surface area (Å²) in [5.41, 5.74) is 0.843. The summed E-state index contributed by atoms with van der Waals surface area (Å²) in [5, 5.41) is 12.5. The molecule has 21 heavy (non-hydrogen) atoms. The zero-order chi connectivity index (χ0) is 14.9. The highest BCUT2D eigenvalue weighted by molar-refractivity contribution is 5.76. The summed E-state index contributed by atoms with van der Waals surface area (Å²) in [6.07, 6.45) is 7.59. The lowest BCUT2D eigenvalue weighted by Crippen LogP contribution is -2.27. The van der Waals surface area contributed by atoms with E-state index in [4.69, 9.17) is 0 Å². The number of carbonyl (C=O) groups is 1. The van der Waals surface area contributed by atoms with Crippen LogP contribution in [0.25, 0.3) is 0 Å². The zero-order valence-corrected chi connectivity index (χ0v) is 12.0. The number of hydrogen-bond acceptors (Lipinski definition) is 3. The number of unbranched alkanes of at least 4 members (excludes halogenated alkanes) is 1. The Hall–Kier alpha value is -2.14. The summed E-state index contributed by atoms with van der Waals surface area (Å²) < 4.78 is 2.05. The fraction of sp³-hybridized carbons (Fsp3) is 0.375. The second-order valence-electron chi connectivity index (χ2n) is 5.01. The van der Waals surface area contributed by atoms with Gasteiger partial charge in [0, 0.05) is 25.5 Å². The molecule has 1 unspecified atom stereocenters. The summed E-state index contributed by atoms with van der Waals surface area (Å²) in [7, 11) is 0. The van der Waals surface area contributed by atoms with Gasteiger partial charge in [-0.2, -0.15) is 0 Å². The predicted molar refractivity (Wildman–Crippen MR) is 81.1 cm³/mol. The number of aliphatic carboxylic acids is 1. The molecular formula is C16H21N3O2. The largest absolute Gasteiger partial charge is 0.481 e. The number of nitrogens with one attached hydrogen (secondary N) is 1. The minimum atomic E-state index is -0.785. The highest BCUT2D eigenvalue weighted by Gasteiger charge is 2.18. The van der Waals surface area contributed by atoms with Gasteiger partial charge in [0.05, 0.1) is 12.2 Å². The van der Waals surface area contributed by atoms with Crippen LogP contribution in [0.3, 0.4) is 0 Å². The standard InChI is InChI=1S/C16H21N3O2/c20-16(21)15(14-6-2-1-3-7-14)12-17-8-4-5-10-19-11-9-18-13-19/h1-3,6-7,9,11,13,15,17H,4-5,8,10,12H2,(H,20,21). The summed E-state index contributed by atoms with van der Waals surface area (Å²) in [6, 6.07) is 9.36. The van der Waals surface area contributed by atoms with Crippen LogP contribution in [0, 0.1) is 0 Å². The highest BCUT2D eigenvalue weighted by Crippen LogP contribution is 2.14. The van der Waals surface area contributed by atoms with E-state index < -0.39 is 11.9 Å². The van der Waals surface area contributed by atoms with Gasteiger partial charge in [-0.05, 0) is 24.9 Å². The molecule has 1 heterocycles. The molecule has 2 N–H and O–H groups in total. The van der Waals surface area contributed by atoms with Crippen molar-refractivity contribution < 1.29 is 9.90 Å². The molecule has 0 spiro atoms. The quantitative estimate of drug-likeness (QED) is 0.693. The second-order valence-corrected chi connectivity index (χ2v) is 5.01. The van der Waals surface area contributed by atoms with Crippen molar-refractivity contribution in [3.8, 4) is 0 Å². The fourth-order valence-corrected chi connectivity index (χ4v) is 2.24. The minimum Gasteiger partial charge on any atom is -0.481 e. The first-order chi connectivity index (χ1) is 10.3. The lowest BCUT2D eigenvalue weighted by Gasteiger charge is -2.13. The maximum Gasteiger partial charge on any atom is 0.312 e. The number of hydrogen-bond donors (Lipinski definition) is 2. The van der Waals surface area contributed by atoms with Gasteiger partial charge in [-0.3, -0.25) is 4.79 Å². The summed E-state index contributed by atoms with van der Waals surface area (Å²) in [6.45, 7) is 2.23. The van der Waals surface area contributed by atoms with Gasteiger partial charge in [0.15, 0.2) is 0 Å².